The van der Waals surface area contributed by atoms with Crippen LogP contribution >= 0.6 is 22.9 Å². The minimum Gasteiger partial charge on any atom is -0.235 e. The summed E-state index contributed by atoms with van der Waals surface area (Å²) >= 11 is 7.17. The van der Waals surface area contributed by atoms with E-state index >= 15 is 0 Å². The van der Waals surface area contributed by atoms with Crippen LogP contribution in [0.1, 0.15) is 10.6 Å². The largest absolute Gasteiger partial charge is 0.235 e. The topological polar surface area (TPSA) is 36.7 Å². The third kappa shape index (κ3) is 3.51. The Morgan fingerprint density at radius 1 is 1.12 bits per heavy atom. The van der Waals surface area contributed by atoms with Crippen molar-refractivity contribution in [2.24, 2.45) is 0 Å². The normalized spacial score (nSPS) is 11.3. The summed E-state index contributed by atoms with van der Waals surface area (Å²) in [6.45, 7) is 0. The van der Waals surface area contributed by atoms with Crippen molar-refractivity contribution in [3.05, 3.63) is 75.1 Å². The zero-order valence-electron chi connectivity index (χ0n) is 12.1. The first-order chi connectivity index (χ1) is 11.6. The second kappa shape index (κ2) is 6.91. The van der Waals surface area contributed by atoms with Gasteiger partial charge in [0.05, 0.1) is 11.3 Å². The molecule has 2 aromatic carbocycles. The smallest absolute Gasteiger partial charge is 0.159 e. The number of rotatable bonds is 3. The molecule has 0 aliphatic heterocycles. The van der Waals surface area contributed by atoms with Gasteiger partial charge in [-0.25, -0.2) is 13.8 Å². The number of aromatic nitrogens is 1. The number of hydrogen-bond acceptors (Lipinski definition) is 3. The molecule has 3 aromatic rings. The number of allylic oxidation sites excluding steroid dienone is 1. The predicted octanol–water partition coefficient (Wildman–Crippen LogP) is 5.81. The van der Waals surface area contributed by atoms with Crippen molar-refractivity contribution < 1.29 is 8.78 Å². The van der Waals surface area contributed by atoms with E-state index in [1.54, 1.807) is 12.1 Å². The number of hydrogen-bond donors (Lipinski definition) is 0. The average molecular weight is 359 g/mol. The average Bonchev–Trinajstić information content (AvgIpc) is 3.06. The Balaban J connectivity index is 1.94. The molecule has 0 fully saturated rings. The van der Waals surface area contributed by atoms with Crippen molar-refractivity contribution in [2.75, 3.05) is 0 Å². The second-order valence-corrected chi connectivity index (χ2v) is 6.18. The lowest BCUT2D eigenvalue weighted by Crippen LogP contribution is -1.86. The minimum atomic E-state index is -0.956. The van der Waals surface area contributed by atoms with E-state index in [4.69, 9.17) is 11.6 Å². The molecule has 0 saturated carbocycles. The maximum absolute atomic E-state index is 13.3. The van der Waals surface area contributed by atoms with Gasteiger partial charge in [0, 0.05) is 16.0 Å². The van der Waals surface area contributed by atoms with Crippen molar-refractivity contribution in [1.82, 2.24) is 4.98 Å². The maximum atomic E-state index is 13.3. The highest BCUT2D eigenvalue weighted by molar-refractivity contribution is 7.11. The summed E-state index contributed by atoms with van der Waals surface area (Å²) < 4.78 is 26.3. The summed E-state index contributed by atoms with van der Waals surface area (Å²) in [5, 5.41) is 12.3. The number of benzene rings is 2. The Hall–Kier alpha value is -2.55. The van der Waals surface area contributed by atoms with Gasteiger partial charge in [-0.2, -0.15) is 5.26 Å². The lowest BCUT2D eigenvalue weighted by Gasteiger charge is -1.98. The Kier molecular flexibility index (Phi) is 4.70. The molecule has 0 aliphatic rings. The Labute approximate surface area is 146 Å². The molecule has 0 N–H and O–H groups in total. The van der Waals surface area contributed by atoms with Crippen LogP contribution in [0.25, 0.3) is 22.9 Å². The third-order valence-electron chi connectivity index (χ3n) is 3.25. The van der Waals surface area contributed by atoms with Gasteiger partial charge < -0.3 is 0 Å². The zero-order valence-corrected chi connectivity index (χ0v) is 13.7. The predicted molar refractivity (Wildman–Crippen MR) is 92.4 cm³/mol. The summed E-state index contributed by atoms with van der Waals surface area (Å²) in [6, 6.07) is 12.7. The molecule has 0 bridgehead atoms. The van der Waals surface area contributed by atoms with Crippen molar-refractivity contribution in [3.8, 4) is 17.3 Å². The van der Waals surface area contributed by atoms with Crippen molar-refractivity contribution >= 4 is 34.6 Å². The van der Waals surface area contributed by atoms with Crippen LogP contribution in [0.15, 0.2) is 47.8 Å². The molecular formula is C18H9ClF2N2S. The Bertz CT molecular complexity index is 956. The molecule has 0 radical (unpaired) electrons. The zero-order chi connectivity index (χ0) is 17.1. The van der Waals surface area contributed by atoms with E-state index in [9.17, 15) is 14.0 Å². The second-order valence-electron chi connectivity index (χ2n) is 4.89. The van der Waals surface area contributed by atoms with Crippen LogP contribution < -0.4 is 0 Å². The molecule has 3 rings (SSSR count). The van der Waals surface area contributed by atoms with Gasteiger partial charge in [-0.15, -0.1) is 11.3 Å². The van der Waals surface area contributed by atoms with E-state index in [0.717, 1.165) is 23.4 Å². The Morgan fingerprint density at radius 2 is 1.88 bits per heavy atom. The van der Waals surface area contributed by atoms with Crippen molar-refractivity contribution in [3.63, 3.8) is 0 Å². The van der Waals surface area contributed by atoms with Crippen molar-refractivity contribution in [1.29, 1.82) is 5.26 Å². The fraction of sp³-hybridized carbons (Fsp3) is 0. The molecule has 24 heavy (non-hydrogen) atoms. The molecular weight excluding hydrogens is 350 g/mol. The standard InChI is InChI=1S/C18H9ClF2N2S/c19-14-4-2-12(3-5-14)17-10-24-18(23-17)13(9-22)7-11-1-6-15(20)16(21)8-11/h1-8,10H. The van der Waals surface area contributed by atoms with E-state index in [2.05, 4.69) is 4.98 Å². The SMILES string of the molecule is N#CC(=Cc1ccc(F)c(F)c1)c1nc(-c2ccc(Cl)cc2)cs1. The molecule has 1 aromatic heterocycles. The fourth-order valence-corrected chi connectivity index (χ4v) is 2.98. The fourth-order valence-electron chi connectivity index (χ4n) is 2.06. The van der Waals surface area contributed by atoms with E-state index in [1.165, 1.54) is 23.5 Å². The minimum absolute atomic E-state index is 0.284. The van der Waals surface area contributed by atoms with Crippen LogP contribution in [-0.4, -0.2) is 4.98 Å². The van der Waals surface area contributed by atoms with Crippen LogP contribution in [0.3, 0.4) is 0 Å². The highest BCUT2D eigenvalue weighted by atomic mass is 35.5. The van der Waals surface area contributed by atoms with Crippen molar-refractivity contribution in [2.45, 2.75) is 0 Å². The summed E-state index contributed by atoms with van der Waals surface area (Å²) in [4.78, 5) is 4.43. The van der Waals surface area contributed by atoms with Crippen LogP contribution in [-0.2, 0) is 0 Å². The first-order valence-corrected chi connectivity index (χ1v) is 8.11. The van der Waals surface area contributed by atoms with Gasteiger partial charge in [0.2, 0.25) is 0 Å². The van der Waals surface area contributed by atoms with Crippen LogP contribution in [0.2, 0.25) is 5.02 Å². The molecule has 0 unspecified atom stereocenters. The van der Waals surface area contributed by atoms with Gasteiger partial charge >= 0.3 is 0 Å². The van der Waals surface area contributed by atoms with Gasteiger partial charge in [-0.3, -0.25) is 0 Å². The molecule has 118 valence electrons. The molecule has 0 atom stereocenters. The highest BCUT2D eigenvalue weighted by Gasteiger charge is 2.10. The van der Waals surface area contributed by atoms with E-state index < -0.39 is 11.6 Å². The van der Waals surface area contributed by atoms with Crippen LogP contribution in [0.5, 0.6) is 0 Å². The maximum Gasteiger partial charge on any atom is 0.159 e. The number of halogens is 3. The molecule has 0 amide bonds. The van der Waals surface area contributed by atoms with E-state index in [-0.39, 0.29) is 5.57 Å². The molecule has 0 aliphatic carbocycles. The summed E-state index contributed by atoms with van der Waals surface area (Å²) in [7, 11) is 0. The first kappa shape index (κ1) is 16.3. The van der Waals surface area contributed by atoms with Gasteiger partial charge in [0.15, 0.2) is 11.6 Å². The summed E-state index contributed by atoms with van der Waals surface area (Å²) in [5.74, 6) is -1.88. The summed E-state index contributed by atoms with van der Waals surface area (Å²) in [5.41, 5.74) is 2.28. The van der Waals surface area contributed by atoms with Crippen LogP contribution in [0.4, 0.5) is 8.78 Å². The quantitative estimate of drug-likeness (QED) is 0.554. The number of nitriles is 1. The van der Waals surface area contributed by atoms with Gasteiger partial charge in [0.1, 0.15) is 11.1 Å². The Morgan fingerprint density at radius 3 is 2.54 bits per heavy atom. The highest BCUT2D eigenvalue weighted by Crippen LogP contribution is 2.28. The number of nitrogens with zero attached hydrogens (tertiary/aromatic N) is 2. The van der Waals surface area contributed by atoms with Gasteiger partial charge in [-0.05, 0) is 35.9 Å². The molecule has 6 heteroatoms. The lowest BCUT2D eigenvalue weighted by atomic mass is 10.1. The first-order valence-electron chi connectivity index (χ1n) is 6.85. The lowest BCUT2D eigenvalue weighted by molar-refractivity contribution is 0.508. The molecule has 0 spiro atoms. The molecule has 0 saturated heterocycles. The number of thiazole rings is 1. The molecule has 2 nitrogen and oxygen atoms in total. The molecule has 1 heterocycles. The van der Waals surface area contributed by atoms with Gasteiger partial charge in [0.25, 0.3) is 0 Å². The summed E-state index contributed by atoms with van der Waals surface area (Å²) in [6.07, 6.45) is 1.48. The van der Waals surface area contributed by atoms with Gasteiger partial charge in [-0.1, -0.05) is 29.8 Å². The third-order valence-corrected chi connectivity index (χ3v) is 4.38. The monoisotopic (exact) mass is 358 g/mol. The van der Waals surface area contributed by atoms with Crippen LogP contribution in [0, 0.1) is 23.0 Å². The van der Waals surface area contributed by atoms with E-state index in [1.807, 2.05) is 23.6 Å². The van der Waals surface area contributed by atoms with E-state index in [0.29, 0.717) is 15.6 Å².